The predicted octanol–water partition coefficient (Wildman–Crippen LogP) is 3.92. The molecule has 0 saturated carbocycles. The number of aliphatic hydroxyl groups is 1. The molecule has 0 saturated heterocycles. The third-order valence-corrected chi connectivity index (χ3v) is 5.31. The number of hydrogen-bond donors (Lipinski definition) is 2. The number of benzene rings is 3. The monoisotopic (exact) mass is 479 g/mol. The maximum Gasteiger partial charge on any atom is 0.303 e. The number of fused-ring (bicyclic) bond motifs is 1. The minimum absolute atomic E-state index is 0.0434. The largest absolute Gasteiger partial charge is 0.389 e. The molecule has 0 aromatic heterocycles. The highest BCUT2D eigenvalue weighted by molar-refractivity contribution is 6.36. The second kappa shape index (κ2) is 12.0. The summed E-state index contributed by atoms with van der Waals surface area (Å²) in [4.78, 5) is 21.2. The molecule has 0 bridgehead atoms. The van der Waals surface area contributed by atoms with E-state index in [-0.39, 0.29) is 23.4 Å². The molecule has 0 fully saturated rings. The lowest BCUT2D eigenvalue weighted by Crippen LogP contribution is -2.25. The van der Waals surface area contributed by atoms with Crippen LogP contribution < -0.4 is 10.8 Å². The van der Waals surface area contributed by atoms with E-state index in [4.69, 9.17) is 4.74 Å². The number of anilines is 1. The van der Waals surface area contributed by atoms with Gasteiger partial charge >= 0.3 is 5.69 Å². The molecule has 1 unspecified atom stereocenters. The van der Waals surface area contributed by atoms with E-state index < -0.39 is 21.6 Å². The van der Waals surface area contributed by atoms with E-state index in [1.165, 1.54) is 13.9 Å². The number of aliphatic hydroxyl groups excluding tert-OH is 1. The fraction of sp³-hybridized carbons (Fsp3) is 0.304. The first kappa shape index (κ1) is 25.7. The van der Waals surface area contributed by atoms with E-state index in [0.29, 0.717) is 18.8 Å². The first-order chi connectivity index (χ1) is 16.8. The molecule has 12 heteroatoms. The van der Waals surface area contributed by atoms with Crippen molar-refractivity contribution in [1.82, 2.24) is 0 Å². The standard InChI is InChI=1S/C23H26BN5O6/c1-2-3-10-35-14-16(30)13-25-20-8-9-21(18-7-5-4-6-17(18)20)26-27-23-19(24)11-15(28(31)32)12-22(23)29(33)34/h4-9,11-12,16,25,30H,2-3,10,13-14,24H2,1H3/b27-26+. The van der Waals surface area contributed by atoms with Gasteiger partial charge < -0.3 is 15.2 Å². The lowest BCUT2D eigenvalue weighted by molar-refractivity contribution is -0.393. The highest BCUT2D eigenvalue weighted by Crippen LogP contribution is 2.35. The van der Waals surface area contributed by atoms with Crippen LogP contribution in [-0.2, 0) is 4.74 Å². The lowest BCUT2D eigenvalue weighted by Gasteiger charge is -2.15. The second-order valence-electron chi connectivity index (χ2n) is 7.99. The van der Waals surface area contributed by atoms with Gasteiger partial charge in [-0.15, -0.1) is 10.2 Å². The molecule has 0 spiro atoms. The summed E-state index contributed by atoms with van der Waals surface area (Å²) in [5, 5.41) is 45.9. The smallest absolute Gasteiger partial charge is 0.303 e. The number of rotatable bonds is 12. The third-order valence-electron chi connectivity index (χ3n) is 5.31. The topological polar surface area (TPSA) is 152 Å². The van der Waals surface area contributed by atoms with Crippen LogP contribution in [0.15, 0.2) is 58.8 Å². The number of non-ortho nitro benzene ring substituents is 1. The Balaban J connectivity index is 1.86. The zero-order valence-electron chi connectivity index (χ0n) is 19.5. The van der Waals surface area contributed by atoms with E-state index in [0.717, 1.165) is 35.4 Å². The van der Waals surface area contributed by atoms with E-state index in [9.17, 15) is 25.3 Å². The summed E-state index contributed by atoms with van der Waals surface area (Å²) in [6.07, 6.45) is 1.31. The maximum atomic E-state index is 11.5. The van der Waals surface area contributed by atoms with Crippen LogP contribution in [0.1, 0.15) is 19.8 Å². The lowest BCUT2D eigenvalue weighted by atomic mass is 9.93. The summed E-state index contributed by atoms with van der Waals surface area (Å²) in [5.74, 6) is 0. The van der Waals surface area contributed by atoms with Crippen molar-refractivity contribution >= 4 is 52.5 Å². The summed E-state index contributed by atoms with van der Waals surface area (Å²) >= 11 is 0. The van der Waals surface area contributed by atoms with Gasteiger partial charge in [0.15, 0.2) is 5.69 Å². The normalized spacial score (nSPS) is 12.2. The average molecular weight is 479 g/mol. The number of unbranched alkanes of at least 4 members (excludes halogenated alkanes) is 1. The van der Waals surface area contributed by atoms with E-state index in [1.807, 2.05) is 24.3 Å². The van der Waals surface area contributed by atoms with Gasteiger partial charge in [0.2, 0.25) is 0 Å². The minimum atomic E-state index is -0.712. The van der Waals surface area contributed by atoms with Gasteiger partial charge in [-0.25, -0.2) is 0 Å². The number of nitrogens with one attached hydrogen (secondary N) is 1. The van der Waals surface area contributed by atoms with Crippen molar-refractivity contribution in [2.75, 3.05) is 25.1 Å². The number of nitro benzene ring substituents is 2. The Kier molecular flexibility index (Phi) is 8.82. The first-order valence-electron chi connectivity index (χ1n) is 11.2. The predicted molar refractivity (Wildman–Crippen MR) is 136 cm³/mol. The molecule has 3 aromatic rings. The molecular weight excluding hydrogens is 453 g/mol. The SMILES string of the molecule is Bc1cc([N+](=O)[O-])cc([N+](=O)[O-])c1/N=N/c1ccc(NCC(O)COCCCC)c2ccccc12. The highest BCUT2D eigenvalue weighted by atomic mass is 16.6. The fourth-order valence-corrected chi connectivity index (χ4v) is 3.50. The first-order valence-corrected chi connectivity index (χ1v) is 11.2. The number of ether oxygens (including phenoxy) is 1. The Morgan fingerprint density at radius 1 is 1.09 bits per heavy atom. The molecule has 0 heterocycles. The van der Waals surface area contributed by atoms with Crippen molar-refractivity contribution in [3.8, 4) is 0 Å². The van der Waals surface area contributed by atoms with Gasteiger partial charge in [0.1, 0.15) is 7.85 Å². The molecule has 0 aliphatic heterocycles. The molecule has 182 valence electrons. The molecular formula is C23H26BN5O6. The summed E-state index contributed by atoms with van der Waals surface area (Å²) in [6, 6.07) is 13.0. The van der Waals surface area contributed by atoms with Gasteiger partial charge in [0.05, 0.1) is 34.3 Å². The molecule has 35 heavy (non-hydrogen) atoms. The van der Waals surface area contributed by atoms with Crippen molar-refractivity contribution in [2.45, 2.75) is 25.9 Å². The number of hydrogen-bond acceptors (Lipinski definition) is 9. The molecule has 0 amide bonds. The van der Waals surface area contributed by atoms with Crippen LogP contribution >= 0.6 is 0 Å². The van der Waals surface area contributed by atoms with Crippen LogP contribution in [0.4, 0.5) is 28.4 Å². The van der Waals surface area contributed by atoms with Crippen molar-refractivity contribution in [3.63, 3.8) is 0 Å². The van der Waals surface area contributed by atoms with Gasteiger partial charge in [0.25, 0.3) is 5.69 Å². The Bertz CT molecular complexity index is 1250. The van der Waals surface area contributed by atoms with Crippen LogP contribution in [0.5, 0.6) is 0 Å². The summed E-state index contributed by atoms with van der Waals surface area (Å²) in [5.41, 5.74) is 0.613. The third kappa shape index (κ3) is 6.58. The second-order valence-corrected chi connectivity index (χ2v) is 7.99. The number of azo groups is 1. The molecule has 0 aliphatic rings. The number of nitrogens with zero attached hydrogens (tertiary/aromatic N) is 4. The van der Waals surface area contributed by atoms with Gasteiger partial charge in [-0.3, -0.25) is 20.2 Å². The molecule has 11 nitrogen and oxygen atoms in total. The Hall–Kier alpha value is -3.90. The zero-order chi connectivity index (χ0) is 25.4. The molecule has 3 aromatic carbocycles. The summed E-state index contributed by atoms with van der Waals surface area (Å²) < 4.78 is 5.46. The molecule has 1 atom stereocenters. The Morgan fingerprint density at radius 3 is 2.51 bits per heavy atom. The maximum absolute atomic E-state index is 11.5. The zero-order valence-corrected chi connectivity index (χ0v) is 19.5. The van der Waals surface area contributed by atoms with Crippen LogP contribution in [0, 0.1) is 20.2 Å². The van der Waals surface area contributed by atoms with Gasteiger partial charge in [-0.2, -0.15) is 0 Å². The quantitative estimate of drug-likeness (QED) is 0.131. The molecule has 2 N–H and O–H groups in total. The van der Waals surface area contributed by atoms with E-state index in [1.54, 1.807) is 12.1 Å². The molecule has 3 rings (SSSR count). The molecule has 0 radical (unpaired) electrons. The van der Waals surface area contributed by atoms with E-state index >= 15 is 0 Å². The van der Waals surface area contributed by atoms with Crippen molar-refractivity contribution in [1.29, 1.82) is 0 Å². The van der Waals surface area contributed by atoms with E-state index in [2.05, 4.69) is 22.5 Å². The summed E-state index contributed by atoms with van der Waals surface area (Å²) in [7, 11) is 1.51. The van der Waals surface area contributed by atoms with Crippen LogP contribution in [0.25, 0.3) is 10.8 Å². The number of nitro groups is 2. The summed E-state index contributed by atoms with van der Waals surface area (Å²) in [6.45, 7) is 3.22. The van der Waals surface area contributed by atoms with Gasteiger partial charge in [0, 0.05) is 35.7 Å². The highest BCUT2D eigenvalue weighted by Gasteiger charge is 2.22. The molecule has 0 aliphatic carbocycles. The van der Waals surface area contributed by atoms with Gasteiger partial charge in [-0.05, 0) is 24.0 Å². The van der Waals surface area contributed by atoms with Crippen LogP contribution in [0.3, 0.4) is 0 Å². The minimum Gasteiger partial charge on any atom is -0.389 e. The van der Waals surface area contributed by atoms with Crippen LogP contribution in [0.2, 0.25) is 0 Å². The van der Waals surface area contributed by atoms with Crippen molar-refractivity contribution < 1.29 is 19.7 Å². The fourth-order valence-electron chi connectivity index (χ4n) is 3.50. The van der Waals surface area contributed by atoms with Crippen molar-refractivity contribution in [2.24, 2.45) is 10.2 Å². The Morgan fingerprint density at radius 2 is 1.83 bits per heavy atom. The van der Waals surface area contributed by atoms with Crippen LogP contribution in [-0.4, -0.2) is 48.7 Å². The average Bonchev–Trinajstić information content (AvgIpc) is 2.84. The van der Waals surface area contributed by atoms with Gasteiger partial charge in [-0.1, -0.05) is 37.6 Å². The Labute approximate surface area is 202 Å². The van der Waals surface area contributed by atoms with Crippen molar-refractivity contribution in [3.05, 3.63) is 68.8 Å².